The summed E-state index contributed by atoms with van der Waals surface area (Å²) in [6.07, 6.45) is 3.31. The van der Waals surface area contributed by atoms with Crippen LogP contribution >= 0.6 is 0 Å². The number of anilines is 1. The van der Waals surface area contributed by atoms with Crippen molar-refractivity contribution in [2.45, 2.75) is 39.2 Å². The highest BCUT2D eigenvalue weighted by atomic mass is 16.2. The first kappa shape index (κ1) is 18.8. The van der Waals surface area contributed by atoms with Gasteiger partial charge in [0.25, 0.3) is 0 Å². The zero-order valence-electron chi connectivity index (χ0n) is 15.7. The molecule has 7 heteroatoms. The molecule has 0 aliphatic carbocycles. The van der Waals surface area contributed by atoms with E-state index < -0.39 is 0 Å². The Morgan fingerprint density at radius 3 is 2.60 bits per heavy atom. The summed E-state index contributed by atoms with van der Waals surface area (Å²) in [5.74, 6) is 0.265. The Bertz CT molecular complexity index is 693. The highest BCUT2D eigenvalue weighted by Crippen LogP contribution is 2.25. The van der Waals surface area contributed by atoms with Crippen LogP contribution in [0.3, 0.4) is 0 Å². The molecule has 1 N–H and O–H groups in total. The van der Waals surface area contributed by atoms with E-state index in [9.17, 15) is 9.59 Å². The van der Waals surface area contributed by atoms with Crippen LogP contribution in [0, 0.1) is 17.2 Å². The monoisotopic (exact) mass is 345 g/mol. The number of aromatic nitrogens is 1. The first-order chi connectivity index (χ1) is 11.6. The van der Waals surface area contributed by atoms with Gasteiger partial charge >= 0.3 is 6.03 Å². The second-order valence-corrected chi connectivity index (χ2v) is 7.72. The average Bonchev–Trinajstić information content (AvgIpc) is 2.97. The first-order valence-corrected chi connectivity index (χ1v) is 8.53. The number of piperidine rings is 1. The molecule has 136 valence electrons. The fourth-order valence-corrected chi connectivity index (χ4v) is 3.05. The molecule has 1 atom stereocenters. The molecule has 1 saturated heterocycles. The maximum Gasteiger partial charge on any atom is 0.319 e. The number of nitrogens with one attached hydrogen (secondary N) is 1. The predicted octanol–water partition coefficient (Wildman–Crippen LogP) is 2.45. The van der Waals surface area contributed by atoms with Crippen molar-refractivity contribution in [1.29, 1.82) is 5.26 Å². The summed E-state index contributed by atoms with van der Waals surface area (Å²) in [4.78, 5) is 28.1. The van der Waals surface area contributed by atoms with Gasteiger partial charge in [-0.3, -0.25) is 4.79 Å². The van der Waals surface area contributed by atoms with Crippen molar-refractivity contribution in [1.82, 2.24) is 14.4 Å². The molecule has 0 unspecified atom stereocenters. The largest absolute Gasteiger partial charge is 0.331 e. The fraction of sp³-hybridized carbons (Fsp3) is 0.611. The molecule has 1 aliphatic heterocycles. The van der Waals surface area contributed by atoms with Crippen LogP contribution in [0.2, 0.25) is 0 Å². The maximum atomic E-state index is 12.7. The van der Waals surface area contributed by atoms with Crippen LogP contribution in [0.25, 0.3) is 0 Å². The number of nitriles is 1. The Morgan fingerprint density at radius 1 is 1.36 bits per heavy atom. The molecule has 3 amide bonds. The van der Waals surface area contributed by atoms with Gasteiger partial charge in [-0.2, -0.15) is 5.26 Å². The molecule has 25 heavy (non-hydrogen) atoms. The standard InChI is InChI=1S/C18H27N5O2/c1-18(2,3)23-11-13(10-19)9-15(23)20-16(24)14-7-6-8-22(12-14)17(25)21(4)5/h9,11,14H,6-8,12H2,1-5H3,(H,20,24)/t14-/m0/s1. The molecule has 1 aromatic heterocycles. The molecule has 1 fully saturated rings. The summed E-state index contributed by atoms with van der Waals surface area (Å²) in [5, 5.41) is 12.1. The highest BCUT2D eigenvalue weighted by Gasteiger charge is 2.30. The number of carbonyl (C=O) groups is 2. The van der Waals surface area contributed by atoms with Crippen molar-refractivity contribution in [3.05, 3.63) is 17.8 Å². The summed E-state index contributed by atoms with van der Waals surface area (Å²) in [5.41, 5.74) is 0.260. The molecule has 0 aromatic carbocycles. The van der Waals surface area contributed by atoms with Crippen molar-refractivity contribution in [2.24, 2.45) is 5.92 Å². The van der Waals surface area contributed by atoms with Crippen molar-refractivity contribution >= 4 is 17.8 Å². The molecule has 2 heterocycles. The normalized spacial score (nSPS) is 17.8. The van der Waals surface area contributed by atoms with Crippen LogP contribution in [0.1, 0.15) is 39.2 Å². The molecule has 1 aromatic rings. The van der Waals surface area contributed by atoms with E-state index in [1.165, 1.54) is 4.90 Å². The molecule has 7 nitrogen and oxygen atoms in total. The number of hydrogen-bond acceptors (Lipinski definition) is 3. The lowest BCUT2D eigenvalue weighted by atomic mass is 9.97. The molecule has 0 saturated carbocycles. The lowest BCUT2D eigenvalue weighted by Gasteiger charge is -2.34. The lowest BCUT2D eigenvalue weighted by Crippen LogP contribution is -2.47. The van der Waals surface area contributed by atoms with Crippen molar-refractivity contribution < 1.29 is 9.59 Å². The van der Waals surface area contributed by atoms with E-state index >= 15 is 0 Å². The SMILES string of the molecule is CN(C)C(=O)N1CCC[C@H](C(=O)Nc2cc(C#N)cn2C(C)(C)C)C1. The molecule has 0 spiro atoms. The topological polar surface area (TPSA) is 81.4 Å². The molecule has 0 radical (unpaired) electrons. The Hall–Kier alpha value is -2.49. The van der Waals surface area contributed by atoms with Gasteiger partial charge < -0.3 is 19.7 Å². The molecular formula is C18H27N5O2. The smallest absolute Gasteiger partial charge is 0.319 e. The quantitative estimate of drug-likeness (QED) is 0.894. The van der Waals surface area contributed by atoms with E-state index in [1.54, 1.807) is 31.3 Å². The van der Waals surface area contributed by atoms with Gasteiger partial charge in [-0.15, -0.1) is 0 Å². The van der Waals surface area contributed by atoms with Crippen molar-refractivity contribution in [2.75, 3.05) is 32.5 Å². The molecule has 1 aliphatic rings. The average molecular weight is 345 g/mol. The van der Waals surface area contributed by atoms with Gasteiger partial charge in [-0.1, -0.05) is 0 Å². The van der Waals surface area contributed by atoms with E-state index in [-0.39, 0.29) is 23.4 Å². The number of carbonyl (C=O) groups excluding carboxylic acids is 2. The van der Waals surface area contributed by atoms with Crippen LogP contribution in [-0.4, -0.2) is 53.5 Å². The van der Waals surface area contributed by atoms with E-state index in [0.29, 0.717) is 24.5 Å². The second kappa shape index (κ2) is 7.18. The molecule has 2 rings (SSSR count). The number of rotatable bonds is 2. The van der Waals surface area contributed by atoms with Crippen LogP contribution in [0.4, 0.5) is 10.6 Å². The van der Waals surface area contributed by atoms with E-state index in [1.807, 2.05) is 25.3 Å². The minimum absolute atomic E-state index is 0.0673. The number of likely N-dealkylation sites (tertiary alicyclic amines) is 1. The van der Waals surface area contributed by atoms with Gasteiger partial charge in [-0.05, 0) is 39.7 Å². The number of hydrogen-bond donors (Lipinski definition) is 1. The molecular weight excluding hydrogens is 318 g/mol. The van der Waals surface area contributed by atoms with Gasteiger partial charge in [0.1, 0.15) is 11.9 Å². The fourth-order valence-electron chi connectivity index (χ4n) is 3.05. The van der Waals surface area contributed by atoms with Gasteiger partial charge in [-0.25, -0.2) is 4.79 Å². The molecule has 0 bridgehead atoms. The van der Waals surface area contributed by atoms with Crippen LogP contribution in [0.5, 0.6) is 0 Å². The van der Waals surface area contributed by atoms with Crippen LogP contribution < -0.4 is 5.32 Å². The number of amides is 3. The summed E-state index contributed by atoms with van der Waals surface area (Å²) >= 11 is 0. The zero-order valence-corrected chi connectivity index (χ0v) is 15.7. The number of urea groups is 1. The third kappa shape index (κ3) is 4.32. The zero-order chi connectivity index (χ0) is 18.8. The Morgan fingerprint density at radius 2 is 2.04 bits per heavy atom. The van der Waals surface area contributed by atoms with Gasteiger partial charge in [0.05, 0.1) is 11.5 Å². The Kier molecular flexibility index (Phi) is 5.41. The summed E-state index contributed by atoms with van der Waals surface area (Å²) in [6.45, 7) is 7.15. The highest BCUT2D eigenvalue weighted by molar-refractivity contribution is 5.92. The Balaban J connectivity index is 2.13. The minimum atomic E-state index is -0.253. The maximum absolute atomic E-state index is 12.7. The minimum Gasteiger partial charge on any atom is -0.331 e. The van der Waals surface area contributed by atoms with E-state index in [0.717, 1.165) is 12.8 Å². The summed E-state index contributed by atoms with van der Waals surface area (Å²) in [7, 11) is 3.43. The van der Waals surface area contributed by atoms with Crippen LogP contribution in [-0.2, 0) is 10.3 Å². The summed E-state index contributed by atoms with van der Waals surface area (Å²) in [6, 6.07) is 3.74. The van der Waals surface area contributed by atoms with Crippen molar-refractivity contribution in [3.63, 3.8) is 0 Å². The first-order valence-electron chi connectivity index (χ1n) is 8.53. The van der Waals surface area contributed by atoms with E-state index in [4.69, 9.17) is 5.26 Å². The third-order valence-electron chi connectivity index (χ3n) is 4.37. The van der Waals surface area contributed by atoms with Crippen LogP contribution in [0.15, 0.2) is 12.3 Å². The number of nitrogens with zero attached hydrogens (tertiary/aromatic N) is 4. The van der Waals surface area contributed by atoms with Gasteiger partial charge in [0, 0.05) is 38.9 Å². The summed E-state index contributed by atoms with van der Waals surface area (Å²) < 4.78 is 1.90. The van der Waals surface area contributed by atoms with Crippen molar-refractivity contribution in [3.8, 4) is 6.07 Å². The Labute approximate surface area is 149 Å². The lowest BCUT2D eigenvalue weighted by molar-refractivity contribution is -0.121. The van der Waals surface area contributed by atoms with Gasteiger partial charge in [0.2, 0.25) is 5.91 Å². The van der Waals surface area contributed by atoms with Gasteiger partial charge in [0.15, 0.2) is 0 Å². The predicted molar refractivity (Wildman–Crippen MR) is 96.2 cm³/mol. The third-order valence-corrected chi connectivity index (χ3v) is 4.37. The second-order valence-electron chi connectivity index (χ2n) is 7.72. The van der Waals surface area contributed by atoms with E-state index in [2.05, 4.69) is 11.4 Å².